The van der Waals surface area contributed by atoms with Gasteiger partial charge in [0.05, 0.1) is 17.2 Å². The number of hydrogen-bond acceptors (Lipinski definition) is 3. The molecule has 0 saturated carbocycles. The maximum Gasteiger partial charge on any atom is 0.215 e. The molecule has 0 amide bonds. The molecule has 0 unspecified atom stereocenters. The van der Waals surface area contributed by atoms with Crippen molar-refractivity contribution in [2.24, 2.45) is 7.05 Å². The summed E-state index contributed by atoms with van der Waals surface area (Å²) in [5, 5.41) is 5.13. The van der Waals surface area contributed by atoms with Crippen LogP contribution in [0.3, 0.4) is 0 Å². The fourth-order valence-corrected chi connectivity index (χ4v) is 3.50. The summed E-state index contributed by atoms with van der Waals surface area (Å²) in [5.41, 5.74) is 3.85. The second-order valence-electron chi connectivity index (χ2n) is 7.22. The second kappa shape index (κ2) is 7.40. The van der Waals surface area contributed by atoms with Crippen LogP contribution in [0.1, 0.15) is 31.2 Å². The zero-order valence-corrected chi connectivity index (χ0v) is 15.7. The molecule has 0 aliphatic rings. The fraction of sp³-hybridized carbons (Fsp3) is 0.500. The number of hydrogen-bond donors (Lipinski definition) is 0. The van der Waals surface area contributed by atoms with Gasteiger partial charge in [-0.1, -0.05) is 24.5 Å². The molecule has 2 heterocycles. The van der Waals surface area contributed by atoms with E-state index >= 15 is 0 Å². The SMILES string of the molecule is Cc1ccc2c(c1)c(=O)c1c(cnn1C)n2CCCCCCN(C)C. The third-order valence-electron chi connectivity index (χ3n) is 4.85. The zero-order chi connectivity index (χ0) is 18.0. The van der Waals surface area contributed by atoms with Crippen LogP contribution in [0.15, 0.2) is 29.2 Å². The van der Waals surface area contributed by atoms with Crippen molar-refractivity contribution in [1.82, 2.24) is 19.2 Å². The smallest absolute Gasteiger partial charge is 0.215 e. The first-order valence-electron chi connectivity index (χ1n) is 9.08. The van der Waals surface area contributed by atoms with E-state index in [1.165, 1.54) is 19.3 Å². The van der Waals surface area contributed by atoms with Crippen LogP contribution in [-0.2, 0) is 13.6 Å². The van der Waals surface area contributed by atoms with Gasteiger partial charge < -0.3 is 9.47 Å². The molecule has 0 fully saturated rings. The highest BCUT2D eigenvalue weighted by molar-refractivity contribution is 5.92. The Hall–Kier alpha value is -2.14. The van der Waals surface area contributed by atoms with Crippen molar-refractivity contribution in [2.45, 2.75) is 39.2 Å². The highest BCUT2D eigenvalue weighted by atomic mass is 16.1. The van der Waals surface area contributed by atoms with Gasteiger partial charge in [-0.15, -0.1) is 0 Å². The number of aryl methyl sites for hydroxylation is 3. The minimum absolute atomic E-state index is 0.0796. The van der Waals surface area contributed by atoms with Crippen LogP contribution < -0.4 is 5.43 Å². The number of pyridine rings is 1. The van der Waals surface area contributed by atoms with Crippen molar-refractivity contribution in [3.8, 4) is 0 Å². The van der Waals surface area contributed by atoms with E-state index in [2.05, 4.69) is 40.8 Å². The lowest BCUT2D eigenvalue weighted by Crippen LogP contribution is -2.14. The van der Waals surface area contributed by atoms with Crippen molar-refractivity contribution < 1.29 is 0 Å². The van der Waals surface area contributed by atoms with Gasteiger partial charge in [0.15, 0.2) is 0 Å². The van der Waals surface area contributed by atoms with Gasteiger partial charge in [0.1, 0.15) is 5.52 Å². The molecule has 134 valence electrons. The van der Waals surface area contributed by atoms with Crippen molar-refractivity contribution in [3.63, 3.8) is 0 Å². The molecule has 0 N–H and O–H groups in total. The van der Waals surface area contributed by atoms with E-state index < -0.39 is 0 Å². The molecule has 3 aromatic rings. The largest absolute Gasteiger partial charge is 0.338 e. The van der Waals surface area contributed by atoms with Crippen molar-refractivity contribution in [1.29, 1.82) is 0 Å². The average molecular weight is 340 g/mol. The Morgan fingerprint density at radius 1 is 1.08 bits per heavy atom. The average Bonchev–Trinajstić information content (AvgIpc) is 2.95. The van der Waals surface area contributed by atoms with Gasteiger partial charge in [-0.2, -0.15) is 5.10 Å². The molecule has 0 saturated heterocycles. The first-order chi connectivity index (χ1) is 12.0. The normalized spacial score (nSPS) is 11.9. The number of unbranched alkanes of at least 4 members (excludes halogenated alkanes) is 3. The molecule has 0 bridgehead atoms. The summed E-state index contributed by atoms with van der Waals surface area (Å²) in [6.07, 6.45) is 6.62. The Bertz CT molecular complexity index is 936. The molecular weight excluding hydrogens is 312 g/mol. The molecule has 0 atom stereocenters. The molecule has 0 spiro atoms. The Morgan fingerprint density at radius 3 is 2.60 bits per heavy atom. The van der Waals surface area contributed by atoms with Crippen LogP contribution in [-0.4, -0.2) is 39.9 Å². The molecule has 5 nitrogen and oxygen atoms in total. The van der Waals surface area contributed by atoms with Gasteiger partial charge in [0, 0.05) is 19.0 Å². The molecule has 0 aliphatic heterocycles. The molecule has 3 rings (SSSR count). The minimum atomic E-state index is 0.0796. The Labute approximate surface area is 148 Å². The number of aromatic nitrogens is 3. The molecule has 2 aromatic heterocycles. The van der Waals surface area contributed by atoms with E-state index in [0.29, 0.717) is 5.52 Å². The number of nitrogens with zero attached hydrogens (tertiary/aromatic N) is 4. The van der Waals surface area contributed by atoms with E-state index in [4.69, 9.17) is 0 Å². The van der Waals surface area contributed by atoms with Gasteiger partial charge in [0.2, 0.25) is 5.43 Å². The third-order valence-corrected chi connectivity index (χ3v) is 4.85. The van der Waals surface area contributed by atoms with Crippen LogP contribution in [0.25, 0.3) is 21.9 Å². The topological polar surface area (TPSA) is 43.1 Å². The van der Waals surface area contributed by atoms with Gasteiger partial charge in [0.25, 0.3) is 0 Å². The van der Waals surface area contributed by atoms with Crippen molar-refractivity contribution >= 4 is 21.9 Å². The lowest BCUT2D eigenvalue weighted by molar-refractivity contribution is 0.389. The number of fused-ring (bicyclic) bond motifs is 2. The fourth-order valence-electron chi connectivity index (χ4n) is 3.50. The summed E-state index contributed by atoms with van der Waals surface area (Å²) in [7, 11) is 6.08. The maximum atomic E-state index is 12.9. The highest BCUT2D eigenvalue weighted by Crippen LogP contribution is 2.21. The van der Waals surface area contributed by atoms with Crippen LogP contribution in [0.2, 0.25) is 0 Å². The van der Waals surface area contributed by atoms with Crippen LogP contribution >= 0.6 is 0 Å². The van der Waals surface area contributed by atoms with Gasteiger partial charge >= 0.3 is 0 Å². The minimum Gasteiger partial charge on any atom is -0.338 e. The summed E-state index contributed by atoms with van der Waals surface area (Å²) < 4.78 is 3.97. The molecular formula is C20H28N4O. The van der Waals surface area contributed by atoms with E-state index in [0.717, 1.165) is 41.5 Å². The van der Waals surface area contributed by atoms with Gasteiger partial charge in [-0.05, 0) is 52.5 Å². The summed E-state index contributed by atoms with van der Waals surface area (Å²) in [4.78, 5) is 15.1. The van der Waals surface area contributed by atoms with Crippen LogP contribution in [0, 0.1) is 6.92 Å². The summed E-state index contributed by atoms with van der Waals surface area (Å²) in [5.74, 6) is 0. The Balaban J connectivity index is 1.90. The quantitative estimate of drug-likeness (QED) is 0.620. The first-order valence-corrected chi connectivity index (χ1v) is 9.08. The number of benzene rings is 1. The lowest BCUT2D eigenvalue weighted by Gasteiger charge is -2.14. The predicted molar refractivity (Wildman–Crippen MR) is 104 cm³/mol. The van der Waals surface area contributed by atoms with E-state index in [9.17, 15) is 4.79 Å². The third kappa shape index (κ3) is 3.61. The highest BCUT2D eigenvalue weighted by Gasteiger charge is 2.14. The molecule has 5 heteroatoms. The Morgan fingerprint density at radius 2 is 1.84 bits per heavy atom. The van der Waals surface area contributed by atoms with Crippen molar-refractivity contribution in [2.75, 3.05) is 20.6 Å². The van der Waals surface area contributed by atoms with Crippen molar-refractivity contribution in [3.05, 3.63) is 40.2 Å². The summed E-state index contributed by atoms with van der Waals surface area (Å²) >= 11 is 0. The second-order valence-corrected chi connectivity index (χ2v) is 7.22. The van der Waals surface area contributed by atoms with Crippen LogP contribution in [0.5, 0.6) is 0 Å². The first kappa shape index (κ1) is 17.7. The van der Waals surface area contributed by atoms with E-state index in [1.807, 2.05) is 26.2 Å². The van der Waals surface area contributed by atoms with E-state index in [1.54, 1.807) is 4.68 Å². The molecule has 0 radical (unpaired) electrons. The zero-order valence-electron chi connectivity index (χ0n) is 15.7. The molecule has 0 aliphatic carbocycles. The molecule has 1 aromatic carbocycles. The monoisotopic (exact) mass is 340 g/mol. The van der Waals surface area contributed by atoms with Crippen LogP contribution in [0.4, 0.5) is 0 Å². The van der Waals surface area contributed by atoms with Gasteiger partial charge in [-0.25, -0.2) is 0 Å². The Kier molecular flexibility index (Phi) is 5.23. The molecule has 25 heavy (non-hydrogen) atoms. The summed E-state index contributed by atoms with van der Waals surface area (Å²) in [6.45, 7) is 4.10. The number of rotatable bonds is 7. The van der Waals surface area contributed by atoms with E-state index in [-0.39, 0.29) is 5.43 Å². The van der Waals surface area contributed by atoms with Gasteiger partial charge in [-0.3, -0.25) is 9.48 Å². The predicted octanol–water partition coefficient (Wildman–Crippen LogP) is 3.32. The standard InChI is InChI=1S/C20H28N4O/c1-15-9-10-17-16(13-15)20(25)19-18(14-21-23(19)4)24(17)12-8-6-5-7-11-22(2)3/h9-10,13-14H,5-8,11-12H2,1-4H3. The lowest BCUT2D eigenvalue weighted by atomic mass is 10.1. The summed E-state index contributed by atoms with van der Waals surface area (Å²) in [6, 6.07) is 6.15. The maximum absolute atomic E-state index is 12.9.